The molecule has 4 nitrogen and oxygen atoms in total. The summed E-state index contributed by atoms with van der Waals surface area (Å²) in [4.78, 5) is 1.51. The van der Waals surface area contributed by atoms with Gasteiger partial charge >= 0.3 is 6.18 Å². The van der Waals surface area contributed by atoms with Crippen molar-refractivity contribution in [1.82, 2.24) is 10.2 Å². The van der Waals surface area contributed by atoms with Gasteiger partial charge in [-0.15, -0.1) is 0 Å². The maximum atomic E-state index is 13.3. The van der Waals surface area contributed by atoms with Crippen LogP contribution in [-0.2, 0) is 6.42 Å². The van der Waals surface area contributed by atoms with Crippen molar-refractivity contribution in [2.24, 2.45) is 0 Å². The molecule has 1 saturated heterocycles. The van der Waals surface area contributed by atoms with Crippen molar-refractivity contribution < 1.29 is 18.3 Å². The molecule has 2 atom stereocenters. The molecule has 150 valence electrons. The molecule has 2 aromatic rings. The lowest BCUT2D eigenvalue weighted by Crippen LogP contribution is -2.51. The van der Waals surface area contributed by atoms with Gasteiger partial charge in [-0.2, -0.15) is 13.2 Å². The lowest BCUT2D eigenvalue weighted by Gasteiger charge is -2.42. The number of alkyl halides is 3. The first kappa shape index (κ1) is 19.1. The first-order valence-corrected chi connectivity index (χ1v) is 9.51. The minimum absolute atomic E-state index is 0.141. The van der Waals surface area contributed by atoms with Gasteiger partial charge in [0, 0.05) is 24.8 Å². The minimum Gasteiger partial charge on any atom is -0.508 e. The fourth-order valence-electron chi connectivity index (χ4n) is 4.12. The van der Waals surface area contributed by atoms with Crippen molar-refractivity contribution in [2.45, 2.75) is 37.6 Å². The summed E-state index contributed by atoms with van der Waals surface area (Å²) in [5, 5.41) is 16.4. The Labute approximate surface area is 162 Å². The SMILES string of the molecule is C[C@@H]1Cc2cc(O)ccc2[C@@H](c2ccc(NC3CNC3)cc2)N1CC(F)(F)F. The highest BCUT2D eigenvalue weighted by Crippen LogP contribution is 2.40. The van der Waals surface area contributed by atoms with E-state index in [1.165, 1.54) is 4.90 Å². The molecule has 2 aromatic carbocycles. The standard InChI is InChI=1S/C21H24F3N3O/c1-13-8-15-9-18(28)6-7-19(15)20(27(13)12-21(22,23)24)14-2-4-16(5-3-14)26-17-10-25-11-17/h2-7,9,13,17,20,25-26,28H,8,10-12H2,1H3/t13-,20-/m1/s1. The molecular weight excluding hydrogens is 367 g/mol. The lowest BCUT2D eigenvalue weighted by molar-refractivity contribution is -0.155. The smallest absolute Gasteiger partial charge is 0.401 e. The van der Waals surface area contributed by atoms with Crippen molar-refractivity contribution in [3.05, 3.63) is 59.2 Å². The van der Waals surface area contributed by atoms with Crippen LogP contribution in [0.3, 0.4) is 0 Å². The van der Waals surface area contributed by atoms with Crippen molar-refractivity contribution in [2.75, 3.05) is 25.0 Å². The summed E-state index contributed by atoms with van der Waals surface area (Å²) >= 11 is 0. The molecule has 2 aliphatic rings. The summed E-state index contributed by atoms with van der Waals surface area (Å²) in [5.74, 6) is 0.141. The highest BCUT2D eigenvalue weighted by Gasteiger charge is 2.40. The van der Waals surface area contributed by atoms with Crippen LogP contribution in [-0.4, -0.2) is 47.9 Å². The summed E-state index contributed by atoms with van der Waals surface area (Å²) in [6.07, 6.45) is -3.80. The van der Waals surface area contributed by atoms with E-state index in [1.807, 2.05) is 31.2 Å². The number of aromatic hydroxyl groups is 1. The number of nitrogens with one attached hydrogen (secondary N) is 2. The number of nitrogens with zero attached hydrogens (tertiary/aromatic N) is 1. The zero-order valence-corrected chi connectivity index (χ0v) is 15.6. The quantitative estimate of drug-likeness (QED) is 0.744. The zero-order valence-electron chi connectivity index (χ0n) is 15.6. The number of rotatable bonds is 4. The van der Waals surface area contributed by atoms with Crippen LogP contribution >= 0.6 is 0 Å². The Bertz CT molecular complexity index is 834. The van der Waals surface area contributed by atoms with Gasteiger partial charge in [-0.3, -0.25) is 4.90 Å². The summed E-state index contributed by atoms with van der Waals surface area (Å²) in [7, 11) is 0. The molecule has 0 saturated carbocycles. The first-order chi connectivity index (χ1) is 13.3. The summed E-state index contributed by atoms with van der Waals surface area (Å²) < 4.78 is 39.9. The summed E-state index contributed by atoms with van der Waals surface area (Å²) in [6.45, 7) is 2.67. The molecule has 3 N–H and O–H groups in total. The van der Waals surface area contributed by atoms with E-state index in [1.54, 1.807) is 18.2 Å². The molecule has 0 aliphatic carbocycles. The van der Waals surface area contributed by atoms with Gasteiger partial charge < -0.3 is 15.7 Å². The Kier molecular flexibility index (Phi) is 4.97. The molecule has 0 aromatic heterocycles. The van der Waals surface area contributed by atoms with E-state index < -0.39 is 18.8 Å². The van der Waals surface area contributed by atoms with Crippen molar-refractivity contribution in [3.8, 4) is 5.75 Å². The Morgan fingerprint density at radius 1 is 1.14 bits per heavy atom. The van der Waals surface area contributed by atoms with Gasteiger partial charge in [-0.05, 0) is 54.3 Å². The van der Waals surface area contributed by atoms with Crippen LogP contribution < -0.4 is 10.6 Å². The van der Waals surface area contributed by atoms with Crippen LogP contribution in [0.5, 0.6) is 5.75 Å². The highest BCUT2D eigenvalue weighted by atomic mass is 19.4. The Morgan fingerprint density at radius 2 is 1.86 bits per heavy atom. The van der Waals surface area contributed by atoms with E-state index in [0.717, 1.165) is 35.5 Å². The van der Waals surface area contributed by atoms with Crippen LogP contribution in [0.2, 0.25) is 0 Å². The minimum atomic E-state index is -4.28. The number of hydrogen-bond donors (Lipinski definition) is 3. The summed E-state index contributed by atoms with van der Waals surface area (Å²) in [6, 6.07) is 12.2. The molecule has 4 rings (SSSR count). The molecule has 7 heteroatoms. The topological polar surface area (TPSA) is 47.5 Å². The third kappa shape index (κ3) is 3.95. The van der Waals surface area contributed by atoms with Gasteiger partial charge in [-0.1, -0.05) is 18.2 Å². The van der Waals surface area contributed by atoms with Crippen LogP contribution in [0, 0.1) is 0 Å². The normalized spacial score (nSPS) is 23.1. The largest absolute Gasteiger partial charge is 0.508 e. The maximum absolute atomic E-state index is 13.3. The average molecular weight is 391 g/mol. The van der Waals surface area contributed by atoms with Gasteiger partial charge in [-0.25, -0.2) is 0 Å². The predicted molar refractivity (Wildman–Crippen MR) is 103 cm³/mol. The number of fused-ring (bicyclic) bond motifs is 1. The second kappa shape index (κ2) is 7.29. The first-order valence-electron chi connectivity index (χ1n) is 9.51. The Morgan fingerprint density at radius 3 is 2.46 bits per heavy atom. The molecule has 0 radical (unpaired) electrons. The molecule has 1 fully saturated rings. The van der Waals surface area contributed by atoms with Gasteiger partial charge in [0.15, 0.2) is 0 Å². The van der Waals surface area contributed by atoms with Gasteiger partial charge in [0.2, 0.25) is 0 Å². The lowest BCUT2D eigenvalue weighted by atomic mass is 9.85. The monoisotopic (exact) mass is 391 g/mol. The molecule has 28 heavy (non-hydrogen) atoms. The van der Waals surface area contributed by atoms with Crippen LogP contribution in [0.15, 0.2) is 42.5 Å². The van der Waals surface area contributed by atoms with Gasteiger partial charge in [0.1, 0.15) is 5.75 Å². The molecule has 0 bridgehead atoms. The number of phenolic OH excluding ortho intramolecular Hbond substituents is 1. The number of anilines is 1. The van der Waals surface area contributed by atoms with E-state index in [4.69, 9.17) is 0 Å². The Balaban J connectivity index is 1.69. The van der Waals surface area contributed by atoms with Crippen molar-refractivity contribution in [3.63, 3.8) is 0 Å². The van der Waals surface area contributed by atoms with E-state index >= 15 is 0 Å². The second-order valence-corrected chi connectivity index (χ2v) is 7.75. The number of hydrogen-bond acceptors (Lipinski definition) is 4. The van der Waals surface area contributed by atoms with E-state index in [-0.39, 0.29) is 11.8 Å². The number of halogens is 3. The fourth-order valence-corrected chi connectivity index (χ4v) is 4.12. The van der Waals surface area contributed by atoms with Crippen molar-refractivity contribution in [1.29, 1.82) is 0 Å². The highest BCUT2D eigenvalue weighted by molar-refractivity contribution is 5.50. The number of phenols is 1. The molecule has 0 amide bonds. The maximum Gasteiger partial charge on any atom is 0.401 e. The predicted octanol–water partition coefficient (Wildman–Crippen LogP) is 3.67. The van der Waals surface area contributed by atoms with Crippen LogP contribution in [0.25, 0.3) is 0 Å². The molecule has 2 heterocycles. The average Bonchev–Trinajstić information content (AvgIpc) is 2.58. The third-order valence-corrected chi connectivity index (χ3v) is 5.57. The van der Waals surface area contributed by atoms with E-state index in [0.29, 0.717) is 12.5 Å². The molecule has 0 unspecified atom stereocenters. The molecule has 0 spiro atoms. The molecule has 2 aliphatic heterocycles. The van der Waals surface area contributed by atoms with Gasteiger partial charge in [0.05, 0.1) is 18.6 Å². The van der Waals surface area contributed by atoms with E-state index in [2.05, 4.69) is 10.6 Å². The van der Waals surface area contributed by atoms with Crippen LogP contribution in [0.4, 0.5) is 18.9 Å². The van der Waals surface area contributed by atoms with Gasteiger partial charge in [0.25, 0.3) is 0 Å². The summed E-state index contributed by atoms with van der Waals surface area (Å²) in [5.41, 5.74) is 3.51. The van der Waals surface area contributed by atoms with Crippen LogP contribution in [0.1, 0.15) is 29.7 Å². The molecular formula is C21H24F3N3O. The van der Waals surface area contributed by atoms with E-state index in [9.17, 15) is 18.3 Å². The zero-order chi connectivity index (χ0) is 19.9. The van der Waals surface area contributed by atoms with Crippen molar-refractivity contribution >= 4 is 5.69 Å². The Hall–Kier alpha value is -2.25. The fraction of sp³-hybridized carbons (Fsp3) is 0.429. The third-order valence-electron chi connectivity index (χ3n) is 5.57. The number of benzene rings is 2. The second-order valence-electron chi connectivity index (χ2n) is 7.75.